The number of pyridine rings is 1. The fourth-order valence-electron chi connectivity index (χ4n) is 3.64. The quantitative estimate of drug-likeness (QED) is 0.438. The number of H-pyrrole nitrogens is 1. The SMILES string of the molecule is C[C@@H](NC(=O)c1c[nH]c2ncc(-c3cnc4cc(Cl)ccn34)nc12)C(=O)N1CC(N)C1. The van der Waals surface area contributed by atoms with Crippen LogP contribution in [0.4, 0.5) is 0 Å². The highest BCUT2D eigenvalue weighted by molar-refractivity contribution is 6.30. The average Bonchev–Trinajstić information content (AvgIpc) is 3.33. The van der Waals surface area contributed by atoms with Gasteiger partial charge in [0.15, 0.2) is 5.65 Å². The Hall–Kier alpha value is -3.50. The summed E-state index contributed by atoms with van der Waals surface area (Å²) in [7, 11) is 0. The van der Waals surface area contributed by atoms with Gasteiger partial charge >= 0.3 is 0 Å². The second-order valence-electron chi connectivity index (χ2n) is 7.57. The normalized spacial score (nSPS) is 15.3. The van der Waals surface area contributed by atoms with Gasteiger partial charge in [0.25, 0.3) is 5.91 Å². The molecule has 0 aliphatic carbocycles. The lowest BCUT2D eigenvalue weighted by Gasteiger charge is -2.38. The number of nitrogens with one attached hydrogen (secondary N) is 2. The molecular formula is C20H19ClN8O2. The minimum Gasteiger partial charge on any atom is -0.344 e. The van der Waals surface area contributed by atoms with Crippen molar-refractivity contribution in [1.82, 2.24) is 34.6 Å². The highest BCUT2D eigenvalue weighted by Crippen LogP contribution is 2.23. The second kappa shape index (κ2) is 7.33. The summed E-state index contributed by atoms with van der Waals surface area (Å²) in [4.78, 5) is 43.2. The molecule has 4 aromatic heterocycles. The molecule has 5 heterocycles. The van der Waals surface area contributed by atoms with Crippen molar-refractivity contribution in [1.29, 1.82) is 0 Å². The molecule has 0 saturated carbocycles. The minimum atomic E-state index is -0.676. The summed E-state index contributed by atoms with van der Waals surface area (Å²) in [5, 5.41) is 3.32. The van der Waals surface area contributed by atoms with E-state index in [1.165, 1.54) is 6.20 Å². The highest BCUT2D eigenvalue weighted by Gasteiger charge is 2.31. The van der Waals surface area contributed by atoms with Crippen molar-refractivity contribution < 1.29 is 9.59 Å². The summed E-state index contributed by atoms with van der Waals surface area (Å²) >= 11 is 6.03. The molecule has 0 aromatic carbocycles. The summed E-state index contributed by atoms with van der Waals surface area (Å²) in [6.45, 7) is 2.66. The lowest BCUT2D eigenvalue weighted by atomic mass is 10.1. The number of carbonyl (C=O) groups excluding carboxylic acids is 2. The zero-order chi connectivity index (χ0) is 21.7. The largest absolute Gasteiger partial charge is 0.344 e. The van der Waals surface area contributed by atoms with Gasteiger partial charge in [0, 0.05) is 42.6 Å². The van der Waals surface area contributed by atoms with Crippen LogP contribution in [0.25, 0.3) is 28.2 Å². The van der Waals surface area contributed by atoms with Crippen molar-refractivity contribution in [3.8, 4) is 11.4 Å². The molecule has 1 aliphatic heterocycles. The van der Waals surface area contributed by atoms with Crippen LogP contribution in [0, 0.1) is 0 Å². The van der Waals surface area contributed by atoms with E-state index in [1.807, 2.05) is 4.40 Å². The Kier molecular flexibility index (Phi) is 4.60. The fourth-order valence-corrected chi connectivity index (χ4v) is 3.79. The molecule has 11 heteroatoms. The van der Waals surface area contributed by atoms with E-state index in [1.54, 1.807) is 42.5 Å². The molecule has 31 heavy (non-hydrogen) atoms. The summed E-state index contributed by atoms with van der Waals surface area (Å²) < 4.78 is 1.84. The summed E-state index contributed by atoms with van der Waals surface area (Å²) in [6, 6.07) is 2.83. The number of nitrogens with zero attached hydrogens (tertiary/aromatic N) is 5. The van der Waals surface area contributed by atoms with Gasteiger partial charge in [-0.15, -0.1) is 0 Å². The van der Waals surface area contributed by atoms with Gasteiger partial charge in [-0.3, -0.25) is 14.0 Å². The van der Waals surface area contributed by atoms with E-state index in [9.17, 15) is 9.59 Å². The van der Waals surface area contributed by atoms with Gasteiger partial charge in [0.1, 0.15) is 22.9 Å². The van der Waals surface area contributed by atoms with Gasteiger partial charge in [-0.2, -0.15) is 0 Å². The third-order valence-corrected chi connectivity index (χ3v) is 5.54. The number of imidazole rings is 1. The van der Waals surface area contributed by atoms with E-state index in [-0.39, 0.29) is 11.9 Å². The Labute approximate surface area is 181 Å². The van der Waals surface area contributed by atoms with Crippen LogP contribution >= 0.6 is 11.6 Å². The molecule has 0 unspecified atom stereocenters. The Morgan fingerprint density at radius 2 is 2.13 bits per heavy atom. The standard InChI is InChI=1S/C20H19ClN8O2/c1-10(20(31)28-8-12(22)9-28)26-19(30)13-5-24-18-17(13)27-14(6-25-18)15-7-23-16-4-11(21)2-3-29(15)16/h2-7,10,12H,8-9,22H2,1H3,(H,24,25)(H,26,30)/t10-/m1/s1. The van der Waals surface area contributed by atoms with Crippen LogP contribution in [-0.2, 0) is 4.79 Å². The molecule has 1 saturated heterocycles. The minimum absolute atomic E-state index is 0.00446. The molecule has 5 rings (SSSR count). The average molecular weight is 439 g/mol. The summed E-state index contributed by atoms with van der Waals surface area (Å²) in [6.07, 6.45) is 6.62. The molecule has 1 aliphatic rings. The van der Waals surface area contributed by atoms with Gasteiger partial charge in [-0.1, -0.05) is 11.6 Å². The molecule has 4 N–H and O–H groups in total. The topological polar surface area (TPSA) is 134 Å². The van der Waals surface area contributed by atoms with Crippen molar-refractivity contribution in [3.05, 3.63) is 47.5 Å². The molecule has 0 radical (unpaired) electrons. The van der Waals surface area contributed by atoms with Crippen LogP contribution in [0.1, 0.15) is 17.3 Å². The number of carbonyl (C=O) groups is 2. The van der Waals surface area contributed by atoms with Crippen molar-refractivity contribution in [2.45, 2.75) is 19.0 Å². The summed E-state index contributed by atoms with van der Waals surface area (Å²) in [5.74, 6) is -0.570. The number of fused-ring (bicyclic) bond motifs is 2. The Morgan fingerprint density at radius 1 is 1.32 bits per heavy atom. The molecule has 0 bridgehead atoms. The van der Waals surface area contributed by atoms with E-state index < -0.39 is 11.9 Å². The van der Waals surface area contributed by atoms with Crippen LogP contribution in [0.15, 0.2) is 36.9 Å². The maximum atomic E-state index is 12.8. The second-order valence-corrected chi connectivity index (χ2v) is 8.01. The first-order valence-electron chi connectivity index (χ1n) is 9.73. The third kappa shape index (κ3) is 3.39. The van der Waals surface area contributed by atoms with Crippen molar-refractivity contribution in [2.75, 3.05) is 13.1 Å². The molecule has 1 fully saturated rings. The van der Waals surface area contributed by atoms with Gasteiger partial charge < -0.3 is 20.9 Å². The molecule has 2 amide bonds. The predicted molar refractivity (Wildman–Crippen MR) is 115 cm³/mol. The number of hydrogen-bond donors (Lipinski definition) is 3. The van der Waals surface area contributed by atoms with E-state index >= 15 is 0 Å². The van der Waals surface area contributed by atoms with E-state index in [0.29, 0.717) is 51.9 Å². The van der Waals surface area contributed by atoms with Gasteiger partial charge in [-0.05, 0) is 13.0 Å². The smallest absolute Gasteiger partial charge is 0.255 e. The van der Waals surface area contributed by atoms with Crippen molar-refractivity contribution in [3.63, 3.8) is 0 Å². The lowest BCUT2D eigenvalue weighted by Crippen LogP contribution is -2.61. The van der Waals surface area contributed by atoms with Gasteiger partial charge in [-0.25, -0.2) is 15.0 Å². The van der Waals surface area contributed by atoms with E-state index in [4.69, 9.17) is 17.3 Å². The zero-order valence-electron chi connectivity index (χ0n) is 16.5. The number of likely N-dealkylation sites (tertiary alicyclic amines) is 1. The maximum Gasteiger partial charge on any atom is 0.255 e. The first-order chi connectivity index (χ1) is 14.9. The monoisotopic (exact) mass is 438 g/mol. The molecule has 4 aromatic rings. The zero-order valence-corrected chi connectivity index (χ0v) is 17.3. The van der Waals surface area contributed by atoms with Crippen molar-refractivity contribution in [2.24, 2.45) is 5.73 Å². The number of rotatable bonds is 4. The van der Waals surface area contributed by atoms with Crippen molar-refractivity contribution >= 4 is 40.2 Å². The first kappa shape index (κ1) is 19.5. The molecule has 0 spiro atoms. The van der Waals surface area contributed by atoms with Gasteiger partial charge in [0.05, 0.1) is 23.7 Å². The number of nitrogens with two attached hydrogens (primary N) is 1. The number of aromatic amines is 1. The molecule has 10 nitrogen and oxygen atoms in total. The number of aromatic nitrogens is 5. The third-order valence-electron chi connectivity index (χ3n) is 5.30. The molecule has 1 atom stereocenters. The predicted octanol–water partition coefficient (Wildman–Crippen LogP) is 1.21. The number of amides is 2. The lowest BCUT2D eigenvalue weighted by molar-refractivity contribution is -0.137. The Morgan fingerprint density at radius 3 is 2.90 bits per heavy atom. The molecule has 158 valence electrons. The van der Waals surface area contributed by atoms with E-state index in [2.05, 4.69) is 25.3 Å². The molecular weight excluding hydrogens is 420 g/mol. The fraction of sp³-hybridized carbons (Fsp3) is 0.250. The highest BCUT2D eigenvalue weighted by atomic mass is 35.5. The Bertz CT molecular complexity index is 1320. The number of halogens is 1. The van der Waals surface area contributed by atoms with Crippen LogP contribution in [0.2, 0.25) is 5.02 Å². The van der Waals surface area contributed by atoms with Crippen LogP contribution in [-0.4, -0.2) is 66.2 Å². The van der Waals surface area contributed by atoms with Crippen LogP contribution in [0.3, 0.4) is 0 Å². The van der Waals surface area contributed by atoms with E-state index in [0.717, 1.165) is 0 Å². The Balaban J connectivity index is 1.43. The first-order valence-corrected chi connectivity index (χ1v) is 10.1. The summed E-state index contributed by atoms with van der Waals surface area (Å²) in [5.41, 5.74) is 8.86. The van der Waals surface area contributed by atoms with Crippen LogP contribution in [0.5, 0.6) is 0 Å². The van der Waals surface area contributed by atoms with Crippen LogP contribution < -0.4 is 11.1 Å². The van der Waals surface area contributed by atoms with Gasteiger partial charge in [0.2, 0.25) is 5.91 Å². The maximum absolute atomic E-state index is 12.8. The number of hydrogen-bond acceptors (Lipinski definition) is 6.